The van der Waals surface area contributed by atoms with Crippen LogP contribution in [0, 0.1) is 11.3 Å². The van der Waals surface area contributed by atoms with Crippen LogP contribution in [-0.2, 0) is 0 Å². The second-order valence-electron chi connectivity index (χ2n) is 5.34. The van der Waals surface area contributed by atoms with Gasteiger partial charge in [0.25, 0.3) is 0 Å². The molecule has 0 spiro atoms. The predicted molar refractivity (Wildman–Crippen MR) is 94.4 cm³/mol. The van der Waals surface area contributed by atoms with Crippen LogP contribution < -0.4 is 13.2 Å². The van der Waals surface area contributed by atoms with E-state index in [-0.39, 0.29) is 0 Å². The fourth-order valence-corrected chi connectivity index (χ4v) is 11.8. The van der Waals surface area contributed by atoms with Gasteiger partial charge in [0.1, 0.15) is 0 Å². The van der Waals surface area contributed by atoms with Crippen molar-refractivity contribution in [1.82, 2.24) is 0 Å². The molecular formula is C20H17GeN. The molecule has 3 rings (SSSR count). The zero-order valence-electron chi connectivity index (χ0n) is 12.3. The monoisotopic (exact) mass is 345 g/mol. The summed E-state index contributed by atoms with van der Waals surface area (Å²) < 4.78 is 4.00. The Labute approximate surface area is 134 Å². The van der Waals surface area contributed by atoms with Gasteiger partial charge in [-0.1, -0.05) is 0 Å². The molecule has 3 aromatic rings. The predicted octanol–water partition coefficient (Wildman–Crippen LogP) is 2.68. The van der Waals surface area contributed by atoms with E-state index < -0.39 is 13.3 Å². The Morgan fingerprint density at radius 2 is 0.909 bits per heavy atom. The van der Waals surface area contributed by atoms with E-state index in [9.17, 15) is 5.26 Å². The van der Waals surface area contributed by atoms with Crippen LogP contribution in [0.3, 0.4) is 0 Å². The molecule has 22 heavy (non-hydrogen) atoms. The van der Waals surface area contributed by atoms with Crippen molar-refractivity contribution in [1.29, 1.82) is 5.26 Å². The fraction of sp³-hybridized carbons (Fsp3) is 0.0500. The Balaban J connectivity index is 2.32. The molecule has 0 bridgehead atoms. The third-order valence-electron chi connectivity index (χ3n) is 4.14. The molecule has 0 aliphatic rings. The molecule has 0 saturated heterocycles. The van der Waals surface area contributed by atoms with E-state index in [1.165, 1.54) is 13.2 Å². The molecule has 106 valence electrons. The van der Waals surface area contributed by atoms with E-state index in [0.717, 1.165) is 0 Å². The summed E-state index contributed by atoms with van der Waals surface area (Å²) in [6.07, 6.45) is 0. The second-order valence-corrected chi connectivity index (χ2v) is 13.5. The molecule has 3 aromatic carbocycles. The van der Waals surface area contributed by atoms with Gasteiger partial charge in [-0.3, -0.25) is 0 Å². The number of hydrogen-bond acceptors (Lipinski definition) is 1. The van der Waals surface area contributed by atoms with Gasteiger partial charge in [-0.2, -0.15) is 0 Å². The zero-order valence-corrected chi connectivity index (χ0v) is 14.4. The molecule has 0 amide bonds. The molecule has 0 heterocycles. The van der Waals surface area contributed by atoms with Gasteiger partial charge in [0.15, 0.2) is 0 Å². The summed E-state index contributed by atoms with van der Waals surface area (Å²) in [5, 5.41) is 10.2. The van der Waals surface area contributed by atoms with Crippen molar-refractivity contribution in [2.24, 2.45) is 0 Å². The summed E-state index contributed by atoms with van der Waals surface area (Å²) in [5.41, 5.74) is 0. The first-order valence-corrected chi connectivity index (χ1v) is 12.0. The summed E-state index contributed by atoms with van der Waals surface area (Å²) in [7, 11) is 0. The first kappa shape index (κ1) is 14.6. The van der Waals surface area contributed by atoms with Crippen LogP contribution in [0.25, 0.3) is 0 Å². The van der Waals surface area contributed by atoms with Crippen LogP contribution in [0.15, 0.2) is 91.0 Å². The van der Waals surface area contributed by atoms with E-state index in [1.807, 2.05) is 18.2 Å². The van der Waals surface area contributed by atoms with Crippen molar-refractivity contribution in [3.05, 3.63) is 91.0 Å². The van der Waals surface area contributed by atoms with E-state index in [0.29, 0.717) is 5.25 Å². The van der Waals surface area contributed by atoms with Crippen molar-refractivity contribution in [2.75, 3.05) is 0 Å². The van der Waals surface area contributed by atoms with Crippen molar-refractivity contribution in [3.63, 3.8) is 0 Å². The van der Waals surface area contributed by atoms with Crippen LogP contribution in [0.4, 0.5) is 0 Å². The molecule has 0 aromatic heterocycles. The van der Waals surface area contributed by atoms with Gasteiger partial charge >= 0.3 is 134 Å². The molecule has 0 unspecified atom stereocenters. The Morgan fingerprint density at radius 3 is 1.18 bits per heavy atom. The number of nitriles is 1. The molecule has 0 saturated carbocycles. The fourth-order valence-electron chi connectivity index (χ4n) is 3.09. The number of benzene rings is 3. The van der Waals surface area contributed by atoms with Crippen LogP contribution in [0.1, 0.15) is 0 Å². The average molecular weight is 344 g/mol. The summed E-state index contributed by atoms with van der Waals surface area (Å²) in [4.78, 5) is 0. The topological polar surface area (TPSA) is 23.8 Å². The average Bonchev–Trinajstić information content (AvgIpc) is 2.62. The minimum absolute atomic E-state index is 0.595. The van der Waals surface area contributed by atoms with E-state index >= 15 is 0 Å². The maximum absolute atomic E-state index is 9.58. The van der Waals surface area contributed by atoms with E-state index in [4.69, 9.17) is 0 Å². The summed E-state index contributed by atoms with van der Waals surface area (Å²) >= 11 is -2.93. The van der Waals surface area contributed by atoms with Crippen LogP contribution in [0.5, 0.6) is 0 Å². The maximum atomic E-state index is 9.58. The molecule has 0 aliphatic heterocycles. The molecule has 0 N–H and O–H groups in total. The summed E-state index contributed by atoms with van der Waals surface area (Å²) in [6.45, 7) is 0. The molecule has 0 fully saturated rings. The molecule has 2 heteroatoms. The van der Waals surface area contributed by atoms with Gasteiger partial charge in [-0.05, 0) is 0 Å². The Kier molecular flexibility index (Phi) is 4.41. The number of nitrogens with zero attached hydrogens (tertiary/aromatic N) is 1. The quantitative estimate of drug-likeness (QED) is 0.668. The minimum atomic E-state index is -2.93. The third kappa shape index (κ3) is 2.58. The molecule has 0 aliphatic carbocycles. The summed E-state index contributed by atoms with van der Waals surface area (Å²) in [6, 6.07) is 34.3. The van der Waals surface area contributed by atoms with Gasteiger partial charge in [-0.15, -0.1) is 0 Å². The van der Waals surface area contributed by atoms with Gasteiger partial charge in [0.2, 0.25) is 0 Å². The van der Waals surface area contributed by atoms with E-state index in [1.54, 1.807) is 0 Å². The standard InChI is InChI=1S/C20H17GeN/c22-17-16-21(18-10-4-1-5-11-18,19-12-6-2-7-13-19)20-14-8-3-9-15-20/h1-15H,16H2. The molecule has 0 atom stereocenters. The van der Waals surface area contributed by atoms with Gasteiger partial charge in [0, 0.05) is 0 Å². The number of rotatable bonds is 4. The SMILES string of the molecule is N#C[CH2][Ge]([c]1ccccc1)([c]1ccccc1)[c]1ccccc1. The molecular weight excluding hydrogens is 327 g/mol. The first-order chi connectivity index (χ1) is 10.9. The van der Waals surface area contributed by atoms with Gasteiger partial charge in [-0.25, -0.2) is 0 Å². The van der Waals surface area contributed by atoms with Gasteiger partial charge < -0.3 is 0 Å². The zero-order chi connectivity index (χ0) is 15.3. The Bertz CT molecular complexity index is 664. The van der Waals surface area contributed by atoms with Crippen molar-refractivity contribution < 1.29 is 0 Å². The first-order valence-electron chi connectivity index (χ1n) is 7.41. The van der Waals surface area contributed by atoms with Crippen LogP contribution in [0.2, 0.25) is 5.25 Å². The van der Waals surface area contributed by atoms with Crippen molar-refractivity contribution in [2.45, 2.75) is 5.25 Å². The van der Waals surface area contributed by atoms with Crippen molar-refractivity contribution in [3.8, 4) is 6.07 Å². The third-order valence-corrected chi connectivity index (χ3v) is 13.9. The Morgan fingerprint density at radius 1 is 0.591 bits per heavy atom. The van der Waals surface area contributed by atoms with Crippen LogP contribution in [-0.4, -0.2) is 13.3 Å². The van der Waals surface area contributed by atoms with Crippen LogP contribution >= 0.6 is 0 Å². The normalized spacial score (nSPS) is 10.9. The molecule has 0 radical (unpaired) electrons. The Hall–Kier alpha value is -2.31. The summed E-state index contributed by atoms with van der Waals surface area (Å²) in [5.74, 6) is 0. The number of hydrogen-bond donors (Lipinski definition) is 0. The van der Waals surface area contributed by atoms with Crippen molar-refractivity contribution >= 4 is 26.5 Å². The van der Waals surface area contributed by atoms with Gasteiger partial charge in [0.05, 0.1) is 0 Å². The molecule has 1 nitrogen and oxygen atoms in total. The second kappa shape index (κ2) is 6.64. The van der Waals surface area contributed by atoms with E-state index in [2.05, 4.69) is 78.9 Å².